The number of anilines is 2. The fourth-order valence-electron chi connectivity index (χ4n) is 4.83. The standard InChI is InChI=1S/C27H26FN3O3/c1-27(2)14-21-24(23(32)15-27)25(17-9-11-18(28)12-10-17)31(22-8-4-3-7-20(22)30-21)26(33)29-16-19-6-5-13-34-19/h3-13,25,30H,14-16H2,1-2H3,(H,29,33). The molecule has 2 aliphatic rings. The van der Waals surface area contributed by atoms with Crippen molar-refractivity contribution in [2.75, 3.05) is 10.2 Å². The molecule has 0 bridgehead atoms. The number of fused-ring (bicyclic) bond motifs is 1. The normalized spacial score (nSPS) is 19.1. The van der Waals surface area contributed by atoms with E-state index in [-0.39, 0.29) is 29.6 Å². The van der Waals surface area contributed by atoms with E-state index in [1.165, 1.54) is 12.1 Å². The van der Waals surface area contributed by atoms with Crippen LogP contribution in [0.2, 0.25) is 0 Å². The van der Waals surface area contributed by atoms with Crippen LogP contribution in [0.4, 0.5) is 20.6 Å². The first-order chi connectivity index (χ1) is 16.3. The van der Waals surface area contributed by atoms with Crippen molar-refractivity contribution in [2.45, 2.75) is 39.3 Å². The summed E-state index contributed by atoms with van der Waals surface area (Å²) in [5.41, 5.74) is 3.14. The number of nitrogens with one attached hydrogen (secondary N) is 2. The Morgan fingerprint density at radius 3 is 2.62 bits per heavy atom. The van der Waals surface area contributed by atoms with Crippen molar-refractivity contribution in [1.82, 2.24) is 5.32 Å². The van der Waals surface area contributed by atoms with Gasteiger partial charge in [-0.25, -0.2) is 9.18 Å². The molecule has 0 radical (unpaired) electrons. The number of furan rings is 1. The van der Waals surface area contributed by atoms with Gasteiger partial charge < -0.3 is 15.1 Å². The molecule has 6 nitrogen and oxygen atoms in total. The third-order valence-corrected chi connectivity index (χ3v) is 6.30. The Bertz CT molecular complexity index is 1260. The lowest BCUT2D eigenvalue weighted by molar-refractivity contribution is -0.118. The highest BCUT2D eigenvalue weighted by atomic mass is 19.1. The van der Waals surface area contributed by atoms with Crippen LogP contribution in [0.1, 0.15) is 44.1 Å². The summed E-state index contributed by atoms with van der Waals surface area (Å²) in [6.45, 7) is 4.32. The van der Waals surface area contributed by atoms with Gasteiger partial charge >= 0.3 is 6.03 Å². The maximum Gasteiger partial charge on any atom is 0.323 e. The van der Waals surface area contributed by atoms with Gasteiger partial charge in [0.05, 0.1) is 30.2 Å². The molecule has 2 N–H and O–H groups in total. The molecule has 1 aliphatic carbocycles. The van der Waals surface area contributed by atoms with Crippen molar-refractivity contribution >= 4 is 23.2 Å². The van der Waals surface area contributed by atoms with E-state index in [4.69, 9.17) is 4.42 Å². The van der Waals surface area contributed by atoms with E-state index in [1.54, 1.807) is 35.4 Å². The highest BCUT2D eigenvalue weighted by molar-refractivity contribution is 6.06. The number of rotatable bonds is 3. The lowest BCUT2D eigenvalue weighted by Gasteiger charge is -2.37. The number of halogens is 1. The highest BCUT2D eigenvalue weighted by Gasteiger charge is 2.43. The van der Waals surface area contributed by atoms with Gasteiger partial charge in [-0.15, -0.1) is 0 Å². The molecule has 7 heteroatoms. The number of allylic oxidation sites excluding steroid dienone is 1. The topological polar surface area (TPSA) is 74.6 Å². The second-order valence-electron chi connectivity index (χ2n) is 9.54. The van der Waals surface area contributed by atoms with Gasteiger partial charge in [0, 0.05) is 17.7 Å². The van der Waals surface area contributed by atoms with Crippen molar-refractivity contribution in [1.29, 1.82) is 0 Å². The summed E-state index contributed by atoms with van der Waals surface area (Å²) >= 11 is 0. The van der Waals surface area contributed by atoms with Gasteiger partial charge in [0.25, 0.3) is 0 Å². The number of nitrogens with zero attached hydrogens (tertiary/aromatic N) is 1. The third kappa shape index (κ3) is 4.09. The number of Topliss-reactive ketones (excluding diaryl/α,β-unsaturated/α-hetero) is 1. The first-order valence-corrected chi connectivity index (χ1v) is 11.3. The van der Waals surface area contributed by atoms with Crippen LogP contribution in [0.3, 0.4) is 0 Å². The molecule has 1 atom stereocenters. The van der Waals surface area contributed by atoms with Crippen LogP contribution in [0.5, 0.6) is 0 Å². The maximum absolute atomic E-state index is 13.8. The van der Waals surface area contributed by atoms with Crippen molar-refractivity contribution < 1.29 is 18.4 Å². The van der Waals surface area contributed by atoms with Gasteiger partial charge in [-0.3, -0.25) is 9.69 Å². The average Bonchev–Trinajstić information content (AvgIpc) is 3.26. The summed E-state index contributed by atoms with van der Waals surface area (Å²) < 4.78 is 19.2. The van der Waals surface area contributed by atoms with Crippen LogP contribution in [-0.4, -0.2) is 11.8 Å². The van der Waals surface area contributed by atoms with E-state index in [0.29, 0.717) is 35.4 Å². The Kier molecular flexibility index (Phi) is 5.48. The molecule has 0 saturated carbocycles. The Morgan fingerprint density at radius 2 is 1.88 bits per heavy atom. The molecule has 2 amide bonds. The first-order valence-electron chi connectivity index (χ1n) is 11.3. The Morgan fingerprint density at radius 1 is 1.12 bits per heavy atom. The molecule has 2 heterocycles. The predicted octanol–water partition coefficient (Wildman–Crippen LogP) is 5.94. The molecule has 5 rings (SSSR count). The molecular weight excluding hydrogens is 433 g/mol. The minimum Gasteiger partial charge on any atom is -0.467 e. The molecule has 0 spiro atoms. The number of ketones is 1. The van der Waals surface area contributed by atoms with Crippen molar-refractivity contribution in [3.63, 3.8) is 0 Å². The number of urea groups is 1. The molecule has 1 aliphatic heterocycles. The van der Waals surface area contributed by atoms with Gasteiger partial charge in [0.15, 0.2) is 5.78 Å². The first kappa shape index (κ1) is 21.9. The highest BCUT2D eigenvalue weighted by Crippen LogP contribution is 2.48. The Balaban J connectivity index is 1.67. The Hall–Kier alpha value is -3.87. The van der Waals surface area contributed by atoms with Crippen LogP contribution in [0.15, 0.2) is 82.6 Å². The second kappa shape index (κ2) is 8.48. The van der Waals surface area contributed by atoms with E-state index in [9.17, 15) is 14.0 Å². The summed E-state index contributed by atoms with van der Waals surface area (Å²) in [6.07, 6.45) is 2.57. The van der Waals surface area contributed by atoms with Crippen molar-refractivity contribution in [3.8, 4) is 0 Å². The minimum atomic E-state index is -0.716. The number of benzene rings is 2. The van der Waals surface area contributed by atoms with Crippen LogP contribution in [-0.2, 0) is 11.3 Å². The summed E-state index contributed by atoms with van der Waals surface area (Å²) in [6, 6.07) is 15.9. The zero-order chi connectivity index (χ0) is 23.9. The minimum absolute atomic E-state index is 0.0234. The summed E-state index contributed by atoms with van der Waals surface area (Å²) in [4.78, 5) is 28.9. The fraction of sp³-hybridized carbons (Fsp3) is 0.259. The van der Waals surface area contributed by atoms with E-state index in [2.05, 4.69) is 24.5 Å². The van der Waals surface area contributed by atoms with Crippen LogP contribution in [0, 0.1) is 11.2 Å². The number of hydrogen-bond donors (Lipinski definition) is 2. The average molecular weight is 460 g/mol. The maximum atomic E-state index is 13.8. The zero-order valence-corrected chi connectivity index (χ0v) is 19.1. The van der Waals surface area contributed by atoms with E-state index in [1.807, 2.05) is 24.3 Å². The van der Waals surface area contributed by atoms with Gasteiger partial charge in [-0.2, -0.15) is 0 Å². The van der Waals surface area contributed by atoms with Crippen LogP contribution in [0.25, 0.3) is 0 Å². The lowest BCUT2D eigenvalue weighted by atomic mass is 9.73. The van der Waals surface area contributed by atoms with Gasteiger partial charge in [0.1, 0.15) is 11.6 Å². The molecule has 0 fully saturated rings. The Labute approximate surface area is 197 Å². The quantitative estimate of drug-likeness (QED) is 0.508. The number of amides is 2. The third-order valence-electron chi connectivity index (χ3n) is 6.30. The molecular formula is C27H26FN3O3. The zero-order valence-electron chi connectivity index (χ0n) is 19.1. The summed E-state index contributed by atoms with van der Waals surface area (Å²) in [7, 11) is 0. The predicted molar refractivity (Wildman–Crippen MR) is 128 cm³/mol. The van der Waals surface area contributed by atoms with Gasteiger partial charge in [-0.05, 0) is 53.8 Å². The monoisotopic (exact) mass is 459 g/mol. The second-order valence-corrected chi connectivity index (χ2v) is 9.54. The number of hydrogen-bond acceptors (Lipinski definition) is 4. The number of carbonyl (C=O) groups is 2. The van der Waals surface area contributed by atoms with Crippen molar-refractivity contribution in [3.05, 3.63) is 95.3 Å². The largest absolute Gasteiger partial charge is 0.467 e. The van der Waals surface area contributed by atoms with Gasteiger partial charge in [0.2, 0.25) is 0 Å². The molecule has 1 aromatic heterocycles. The summed E-state index contributed by atoms with van der Waals surface area (Å²) in [5.74, 6) is 0.211. The molecule has 3 aromatic rings. The van der Waals surface area contributed by atoms with Crippen LogP contribution >= 0.6 is 0 Å². The van der Waals surface area contributed by atoms with Crippen LogP contribution < -0.4 is 15.5 Å². The lowest BCUT2D eigenvalue weighted by Crippen LogP contribution is -2.44. The summed E-state index contributed by atoms with van der Waals surface area (Å²) in [5, 5.41) is 6.38. The SMILES string of the molecule is CC1(C)CC(=O)C2=C(C1)Nc1ccccc1N(C(=O)NCc1ccco1)C2c1ccc(F)cc1. The molecule has 174 valence electrons. The number of para-hydroxylation sites is 2. The molecule has 34 heavy (non-hydrogen) atoms. The van der Waals surface area contributed by atoms with E-state index in [0.717, 1.165) is 11.4 Å². The van der Waals surface area contributed by atoms with E-state index < -0.39 is 6.04 Å². The number of carbonyl (C=O) groups excluding carboxylic acids is 2. The fourth-order valence-corrected chi connectivity index (χ4v) is 4.83. The van der Waals surface area contributed by atoms with Crippen molar-refractivity contribution in [2.24, 2.45) is 5.41 Å². The molecule has 1 unspecified atom stereocenters. The smallest absolute Gasteiger partial charge is 0.323 e. The van der Waals surface area contributed by atoms with E-state index >= 15 is 0 Å². The molecule has 0 saturated heterocycles. The van der Waals surface area contributed by atoms with Gasteiger partial charge in [-0.1, -0.05) is 38.1 Å². The molecule has 2 aromatic carbocycles.